The van der Waals surface area contributed by atoms with Gasteiger partial charge < -0.3 is 4.90 Å². The van der Waals surface area contributed by atoms with Crippen LogP contribution in [0.25, 0.3) is 0 Å². The lowest BCUT2D eigenvalue weighted by atomic mass is 10.1. The van der Waals surface area contributed by atoms with Crippen molar-refractivity contribution in [2.24, 2.45) is 0 Å². The predicted octanol–water partition coefficient (Wildman–Crippen LogP) is 2.92. The van der Waals surface area contributed by atoms with E-state index >= 15 is 0 Å². The average molecular weight is 240 g/mol. The van der Waals surface area contributed by atoms with Gasteiger partial charge in [-0.25, -0.2) is 4.98 Å². The van der Waals surface area contributed by atoms with Gasteiger partial charge in [-0.2, -0.15) is 0 Å². The number of nitrogens with zero attached hydrogens (tertiary/aromatic N) is 2. The quantitative estimate of drug-likeness (QED) is 0.770. The van der Waals surface area contributed by atoms with Crippen molar-refractivity contribution in [2.45, 2.75) is 13.5 Å². The molecule has 0 fully saturated rings. The molecular formula is C15H16N2O. The lowest BCUT2D eigenvalue weighted by Gasteiger charge is -2.20. The molecule has 0 spiro atoms. The van der Waals surface area contributed by atoms with Crippen LogP contribution in [0.3, 0.4) is 0 Å². The molecule has 0 atom stereocenters. The van der Waals surface area contributed by atoms with Crippen LogP contribution in [0.4, 0.5) is 5.82 Å². The monoisotopic (exact) mass is 240 g/mol. The van der Waals surface area contributed by atoms with Crippen molar-refractivity contribution < 1.29 is 4.79 Å². The molecule has 2 aromatic rings. The van der Waals surface area contributed by atoms with Gasteiger partial charge in [0.1, 0.15) is 5.82 Å². The summed E-state index contributed by atoms with van der Waals surface area (Å²) in [5.74, 6) is 0.770. The van der Waals surface area contributed by atoms with E-state index in [9.17, 15) is 4.79 Å². The van der Waals surface area contributed by atoms with E-state index in [0.717, 1.165) is 12.4 Å². The summed E-state index contributed by atoms with van der Waals surface area (Å²) in [4.78, 5) is 17.8. The molecule has 0 N–H and O–H groups in total. The second-order valence-electron chi connectivity index (χ2n) is 4.27. The SMILES string of the molecule is CC(=O)c1cccnc1N(C)Cc1ccccc1. The summed E-state index contributed by atoms with van der Waals surface area (Å²) in [6.07, 6.45) is 1.71. The molecule has 18 heavy (non-hydrogen) atoms. The lowest BCUT2D eigenvalue weighted by molar-refractivity contribution is 0.101. The maximum absolute atomic E-state index is 11.6. The Morgan fingerprint density at radius 1 is 1.17 bits per heavy atom. The fourth-order valence-corrected chi connectivity index (χ4v) is 1.91. The largest absolute Gasteiger partial charge is 0.355 e. The molecule has 0 bridgehead atoms. The number of hydrogen-bond donors (Lipinski definition) is 0. The Labute approximate surface area is 107 Å². The van der Waals surface area contributed by atoms with E-state index in [-0.39, 0.29) is 5.78 Å². The van der Waals surface area contributed by atoms with Gasteiger partial charge in [-0.15, -0.1) is 0 Å². The Morgan fingerprint density at radius 3 is 2.56 bits per heavy atom. The first-order valence-electron chi connectivity index (χ1n) is 5.89. The Kier molecular flexibility index (Phi) is 3.72. The van der Waals surface area contributed by atoms with Crippen molar-refractivity contribution in [3.8, 4) is 0 Å². The molecule has 0 unspecified atom stereocenters. The maximum atomic E-state index is 11.6. The number of hydrogen-bond acceptors (Lipinski definition) is 3. The molecule has 2 rings (SSSR count). The molecular weight excluding hydrogens is 224 g/mol. The first kappa shape index (κ1) is 12.3. The Morgan fingerprint density at radius 2 is 1.89 bits per heavy atom. The summed E-state index contributed by atoms with van der Waals surface area (Å²) >= 11 is 0. The molecule has 0 saturated carbocycles. The zero-order valence-corrected chi connectivity index (χ0v) is 10.6. The summed E-state index contributed by atoms with van der Waals surface area (Å²) in [6, 6.07) is 13.7. The zero-order chi connectivity index (χ0) is 13.0. The van der Waals surface area contributed by atoms with E-state index in [4.69, 9.17) is 0 Å². The third-order valence-electron chi connectivity index (χ3n) is 2.79. The number of rotatable bonds is 4. The third-order valence-corrected chi connectivity index (χ3v) is 2.79. The van der Waals surface area contributed by atoms with Gasteiger partial charge in [-0.05, 0) is 24.6 Å². The molecule has 0 amide bonds. The van der Waals surface area contributed by atoms with Crippen LogP contribution in [-0.4, -0.2) is 17.8 Å². The van der Waals surface area contributed by atoms with Crippen molar-refractivity contribution >= 4 is 11.6 Å². The first-order chi connectivity index (χ1) is 8.68. The van der Waals surface area contributed by atoms with E-state index in [0.29, 0.717) is 5.56 Å². The standard InChI is InChI=1S/C15H16N2O/c1-12(18)14-9-6-10-16-15(14)17(2)11-13-7-4-3-5-8-13/h3-10H,11H2,1-2H3. The second-order valence-corrected chi connectivity index (χ2v) is 4.27. The van der Waals surface area contributed by atoms with Crippen LogP contribution in [0, 0.1) is 0 Å². The Balaban J connectivity index is 2.24. The summed E-state index contributed by atoms with van der Waals surface area (Å²) in [7, 11) is 1.95. The van der Waals surface area contributed by atoms with Crippen LogP contribution in [-0.2, 0) is 6.54 Å². The van der Waals surface area contributed by atoms with Crippen LogP contribution in [0.2, 0.25) is 0 Å². The molecule has 92 valence electrons. The van der Waals surface area contributed by atoms with Crippen molar-refractivity contribution in [1.82, 2.24) is 4.98 Å². The van der Waals surface area contributed by atoms with Crippen LogP contribution >= 0.6 is 0 Å². The minimum absolute atomic E-state index is 0.0398. The topological polar surface area (TPSA) is 33.2 Å². The highest BCUT2D eigenvalue weighted by Gasteiger charge is 2.11. The summed E-state index contributed by atoms with van der Waals surface area (Å²) in [6.45, 7) is 2.30. The van der Waals surface area contributed by atoms with E-state index < -0.39 is 0 Å². The number of ketones is 1. The highest BCUT2D eigenvalue weighted by molar-refractivity contribution is 5.98. The van der Waals surface area contributed by atoms with E-state index in [1.807, 2.05) is 36.2 Å². The number of pyridine rings is 1. The molecule has 0 radical (unpaired) electrons. The minimum atomic E-state index is 0.0398. The number of Topliss-reactive ketones (excluding diaryl/α,β-unsaturated/α-hetero) is 1. The molecule has 3 nitrogen and oxygen atoms in total. The van der Waals surface area contributed by atoms with Crippen LogP contribution in [0.5, 0.6) is 0 Å². The molecule has 1 aromatic carbocycles. The van der Waals surface area contributed by atoms with Gasteiger partial charge in [-0.3, -0.25) is 4.79 Å². The summed E-state index contributed by atoms with van der Waals surface area (Å²) in [5.41, 5.74) is 1.86. The van der Waals surface area contributed by atoms with Gasteiger partial charge in [0.2, 0.25) is 0 Å². The van der Waals surface area contributed by atoms with Gasteiger partial charge in [0.05, 0.1) is 5.56 Å². The molecule has 0 aliphatic heterocycles. The van der Waals surface area contributed by atoms with Crippen molar-refractivity contribution in [1.29, 1.82) is 0 Å². The van der Waals surface area contributed by atoms with Crippen molar-refractivity contribution in [2.75, 3.05) is 11.9 Å². The third kappa shape index (κ3) is 2.74. The van der Waals surface area contributed by atoms with Crippen LogP contribution in [0.1, 0.15) is 22.8 Å². The fourth-order valence-electron chi connectivity index (χ4n) is 1.91. The maximum Gasteiger partial charge on any atom is 0.163 e. The van der Waals surface area contributed by atoms with Gasteiger partial charge in [0, 0.05) is 19.8 Å². The van der Waals surface area contributed by atoms with Crippen LogP contribution < -0.4 is 4.90 Å². The number of anilines is 1. The number of carbonyl (C=O) groups excluding carboxylic acids is 1. The number of aromatic nitrogens is 1. The summed E-state index contributed by atoms with van der Waals surface area (Å²) < 4.78 is 0. The normalized spacial score (nSPS) is 10.1. The van der Waals surface area contributed by atoms with Crippen LogP contribution in [0.15, 0.2) is 48.7 Å². The number of carbonyl (C=O) groups is 1. The smallest absolute Gasteiger partial charge is 0.163 e. The minimum Gasteiger partial charge on any atom is -0.355 e. The van der Waals surface area contributed by atoms with E-state index in [2.05, 4.69) is 17.1 Å². The van der Waals surface area contributed by atoms with Gasteiger partial charge >= 0.3 is 0 Å². The van der Waals surface area contributed by atoms with E-state index in [1.165, 1.54) is 5.56 Å². The van der Waals surface area contributed by atoms with E-state index in [1.54, 1.807) is 19.2 Å². The van der Waals surface area contributed by atoms with Crippen molar-refractivity contribution in [3.63, 3.8) is 0 Å². The Hall–Kier alpha value is -2.16. The van der Waals surface area contributed by atoms with Gasteiger partial charge in [0.15, 0.2) is 5.78 Å². The average Bonchev–Trinajstić information content (AvgIpc) is 2.40. The fraction of sp³-hybridized carbons (Fsp3) is 0.200. The van der Waals surface area contributed by atoms with Gasteiger partial charge in [0.25, 0.3) is 0 Å². The second kappa shape index (κ2) is 5.45. The molecule has 0 aliphatic carbocycles. The van der Waals surface area contributed by atoms with Gasteiger partial charge in [-0.1, -0.05) is 30.3 Å². The Bertz CT molecular complexity index is 537. The highest BCUT2D eigenvalue weighted by Crippen LogP contribution is 2.18. The highest BCUT2D eigenvalue weighted by atomic mass is 16.1. The molecule has 1 heterocycles. The molecule has 0 aliphatic rings. The van der Waals surface area contributed by atoms with Crippen molar-refractivity contribution in [3.05, 3.63) is 59.8 Å². The predicted molar refractivity (Wildman–Crippen MR) is 72.8 cm³/mol. The summed E-state index contributed by atoms with van der Waals surface area (Å²) in [5, 5.41) is 0. The number of benzene rings is 1. The lowest BCUT2D eigenvalue weighted by Crippen LogP contribution is -2.20. The molecule has 3 heteroatoms. The zero-order valence-electron chi connectivity index (χ0n) is 10.6. The first-order valence-corrected chi connectivity index (χ1v) is 5.89. The molecule has 1 aromatic heterocycles. The molecule has 0 saturated heterocycles.